The Hall–Kier alpha value is -4.06. The monoisotopic (exact) mass is 609 g/mol. The summed E-state index contributed by atoms with van der Waals surface area (Å²) in [5.74, 6) is -2.56. The Balaban J connectivity index is 1.88. The number of nitrogens with one attached hydrogen (secondary N) is 3. The molecule has 0 aliphatic heterocycles. The number of sulfone groups is 1. The van der Waals surface area contributed by atoms with Gasteiger partial charge in [-0.2, -0.15) is 0 Å². The molecule has 0 radical (unpaired) electrons. The third-order valence-corrected chi connectivity index (χ3v) is 8.18. The van der Waals surface area contributed by atoms with Crippen LogP contribution in [0.25, 0.3) is 0 Å². The zero-order valence-corrected chi connectivity index (χ0v) is 25.6. The molecule has 4 N–H and O–H groups in total. The average molecular weight is 610 g/mol. The number of rotatable bonds is 13. The summed E-state index contributed by atoms with van der Waals surface area (Å²) in [5.41, 5.74) is 3.58. The Morgan fingerprint density at radius 3 is 2.05 bits per heavy atom. The Kier molecular flexibility index (Phi) is 11.6. The summed E-state index contributed by atoms with van der Waals surface area (Å²) >= 11 is 0. The van der Waals surface area contributed by atoms with Gasteiger partial charge < -0.3 is 20.6 Å². The minimum Gasteiger partial charge on any atom is -0.391 e. The van der Waals surface area contributed by atoms with E-state index in [1.807, 2.05) is 51.1 Å². The lowest BCUT2D eigenvalue weighted by Gasteiger charge is -2.28. The van der Waals surface area contributed by atoms with Crippen LogP contribution in [0.15, 0.2) is 89.8 Å². The maximum absolute atomic E-state index is 13.5. The topological polar surface area (TPSA) is 151 Å². The molecule has 0 saturated heterocycles. The second-order valence-corrected chi connectivity index (χ2v) is 13.3. The molecule has 0 aliphatic carbocycles. The minimum absolute atomic E-state index is 0.00318. The number of aliphatic hydroxyl groups is 1. The molecule has 11 heteroatoms. The number of amides is 2. The van der Waals surface area contributed by atoms with Crippen molar-refractivity contribution in [2.24, 2.45) is 0 Å². The lowest BCUT2D eigenvalue weighted by atomic mass is 9.93. The van der Waals surface area contributed by atoms with Gasteiger partial charge >= 0.3 is 5.97 Å². The van der Waals surface area contributed by atoms with E-state index in [2.05, 4.69) is 16.1 Å². The van der Waals surface area contributed by atoms with Crippen LogP contribution in [0.3, 0.4) is 0 Å². The van der Waals surface area contributed by atoms with Gasteiger partial charge in [-0.05, 0) is 56.5 Å². The molecular formula is C32H39N3O7S. The van der Waals surface area contributed by atoms with Crippen LogP contribution in [0.5, 0.6) is 0 Å². The van der Waals surface area contributed by atoms with Gasteiger partial charge in [0, 0.05) is 24.4 Å². The fourth-order valence-corrected chi connectivity index (χ4v) is 5.81. The van der Waals surface area contributed by atoms with Crippen molar-refractivity contribution in [2.45, 2.75) is 69.2 Å². The molecule has 43 heavy (non-hydrogen) atoms. The van der Waals surface area contributed by atoms with Crippen molar-refractivity contribution in [1.29, 1.82) is 0 Å². The highest BCUT2D eigenvalue weighted by atomic mass is 32.2. The first-order valence-corrected chi connectivity index (χ1v) is 15.5. The largest absolute Gasteiger partial charge is 0.391 e. The van der Waals surface area contributed by atoms with E-state index < -0.39 is 51.2 Å². The molecule has 10 nitrogen and oxygen atoms in total. The van der Waals surface area contributed by atoms with Crippen molar-refractivity contribution in [1.82, 2.24) is 16.1 Å². The number of hydrogen-bond acceptors (Lipinski definition) is 8. The first-order chi connectivity index (χ1) is 20.2. The van der Waals surface area contributed by atoms with Crippen LogP contribution in [-0.4, -0.2) is 60.8 Å². The SMILES string of the molecule is CC(=O)ON[C@H](CS(=O)(=O)c1ccccc1)C(=O)N[C@@H](Cc1ccccc1)[C@H](O)Cc1ccccc1C(=O)NC(C)(C)C. The van der Waals surface area contributed by atoms with E-state index in [1.54, 1.807) is 42.5 Å². The third-order valence-electron chi connectivity index (χ3n) is 6.42. The molecule has 0 aromatic heterocycles. The second-order valence-electron chi connectivity index (χ2n) is 11.3. The minimum atomic E-state index is -3.97. The molecule has 230 valence electrons. The van der Waals surface area contributed by atoms with Crippen LogP contribution in [0.2, 0.25) is 0 Å². The molecule has 0 fully saturated rings. The van der Waals surface area contributed by atoms with Crippen LogP contribution in [0.1, 0.15) is 49.2 Å². The van der Waals surface area contributed by atoms with Gasteiger partial charge in [-0.25, -0.2) is 8.42 Å². The van der Waals surface area contributed by atoms with E-state index in [-0.39, 0.29) is 23.6 Å². The molecule has 2 amide bonds. The number of hydroxylamine groups is 1. The van der Waals surface area contributed by atoms with Gasteiger partial charge in [-0.3, -0.25) is 14.4 Å². The standard InChI is InChI=1S/C32H39N3O7S/c1-22(36)42-35-28(21-43(40,41)25-16-9-6-10-17-25)31(39)33-27(19-23-13-7-5-8-14-23)29(37)20-24-15-11-12-18-26(24)30(38)34-32(2,3)4/h5-18,27-29,35,37H,19-21H2,1-4H3,(H,33,39)(H,34,38)/t27-,28+,29+/m0/s1. The second kappa shape index (κ2) is 14.9. The van der Waals surface area contributed by atoms with Crippen LogP contribution in [-0.2, 0) is 37.1 Å². The lowest BCUT2D eigenvalue weighted by Crippen LogP contribution is -2.54. The zero-order chi connectivity index (χ0) is 31.6. The summed E-state index contributed by atoms with van der Waals surface area (Å²) in [5, 5.41) is 17.1. The Morgan fingerprint density at radius 1 is 0.860 bits per heavy atom. The number of carbonyl (C=O) groups excluding carboxylic acids is 3. The normalized spacial score (nSPS) is 13.8. The van der Waals surface area contributed by atoms with Gasteiger partial charge in [0.05, 0.1) is 22.8 Å². The van der Waals surface area contributed by atoms with E-state index in [1.165, 1.54) is 12.1 Å². The summed E-state index contributed by atoms with van der Waals surface area (Å²) in [7, 11) is -3.97. The smallest absolute Gasteiger partial charge is 0.321 e. The first kappa shape index (κ1) is 33.4. The van der Waals surface area contributed by atoms with E-state index in [9.17, 15) is 27.9 Å². The Labute approximate surface area is 252 Å². The van der Waals surface area contributed by atoms with Crippen molar-refractivity contribution in [3.63, 3.8) is 0 Å². The van der Waals surface area contributed by atoms with Crippen LogP contribution < -0.4 is 16.1 Å². The quantitative estimate of drug-likeness (QED) is 0.216. The maximum atomic E-state index is 13.5. The van der Waals surface area contributed by atoms with Gasteiger partial charge in [0.25, 0.3) is 5.91 Å². The number of aliphatic hydroxyl groups excluding tert-OH is 1. The van der Waals surface area contributed by atoms with Crippen LogP contribution in [0, 0.1) is 0 Å². The summed E-state index contributed by atoms with van der Waals surface area (Å²) < 4.78 is 26.2. The van der Waals surface area contributed by atoms with E-state index in [0.717, 1.165) is 12.5 Å². The fourth-order valence-electron chi connectivity index (χ4n) is 4.39. The molecule has 0 heterocycles. The van der Waals surface area contributed by atoms with E-state index >= 15 is 0 Å². The van der Waals surface area contributed by atoms with Crippen molar-refractivity contribution in [2.75, 3.05) is 5.75 Å². The molecule has 3 atom stereocenters. The van der Waals surface area contributed by atoms with E-state index in [0.29, 0.717) is 11.1 Å². The molecule has 3 aromatic rings. The van der Waals surface area contributed by atoms with Crippen molar-refractivity contribution >= 4 is 27.6 Å². The summed E-state index contributed by atoms with van der Waals surface area (Å²) in [6, 6.07) is 21.3. The van der Waals surface area contributed by atoms with Crippen molar-refractivity contribution in [3.8, 4) is 0 Å². The molecular weight excluding hydrogens is 570 g/mol. The Morgan fingerprint density at radius 2 is 1.44 bits per heavy atom. The summed E-state index contributed by atoms with van der Waals surface area (Å²) in [6.45, 7) is 6.72. The number of benzene rings is 3. The summed E-state index contributed by atoms with van der Waals surface area (Å²) in [6.07, 6.45) is -0.945. The molecule has 0 aliphatic rings. The highest BCUT2D eigenvalue weighted by molar-refractivity contribution is 7.91. The molecule has 0 saturated carbocycles. The molecule has 0 bridgehead atoms. The Bertz CT molecular complexity index is 1490. The lowest BCUT2D eigenvalue weighted by molar-refractivity contribution is -0.151. The van der Waals surface area contributed by atoms with Crippen LogP contribution >= 0.6 is 0 Å². The van der Waals surface area contributed by atoms with Gasteiger partial charge in [0.15, 0.2) is 9.84 Å². The van der Waals surface area contributed by atoms with Gasteiger partial charge in [-0.1, -0.05) is 66.7 Å². The van der Waals surface area contributed by atoms with Gasteiger partial charge in [0.1, 0.15) is 6.04 Å². The predicted molar refractivity (Wildman–Crippen MR) is 163 cm³/mol. The highest BCUT2D eigenvalue weighted by Gasteiger charge is 2.32. The first-order valence-electron chi connectivity index (χ1n) is 13.9. The predicted octanol–water partition coefficient (Wildman–Crippen LogP) is 2.76. The third kappa shape index (κ3) is 10.6. The number of carbonyl (C=O) groups is 3. The van der Waals surface area contributed by atoms with Crippen molar-refractivity contribution < 1.29 is 32.7 Å². The molecule has 0 unspecified atom stereocenters. The van der Waals surface area contributed by atoms with Crippen molar-refractivity contribution in [3.05, 3.63) is 102 Å². The average Bonchev–Trinajstić information content (AvgIpc) is 2.95. The molecule has 3 rings (SSSR count). The van der Waals surface area contributed by atoms with Gasteiger partial charge in [0.2, 0.25) is 5.91 Å². The maximum Gasteiger partial charge on any atom is 0.321 e. The molecule has 0 spiro atoms. The zero-order valence-electron chi connectivity index (χ0n) is 24.7. The number of hydrogen-bond donors (Lipinski definition) is 4. The molecule has 3 aromatic carbocycles. The highest BCUT2D eigenvalue weighted by Crippen LogP contribution is 2.17. The summed E-state index contributed by atoms with van der Waals surface area (Å²) in [4.78, 5) is 42.9. The fraction of sp³-hybridized carbons (Fsp3) is 0.344. The van der Waals surface area contributed by atoms with Gasteiger partial charge in [-0.15, -0.1) is 5.48 Å². The van der Waals surface area contributed by atoms with E-state index in [4.69, 9.17) is 4.84 Å². The van der Waals surface area contributed by atoms with Crippen LogP contribution in [0.4, 0.5) is 0 Å².